The second-order valence-corrected chi connectivity index (χ2v) is 3.55. The third-order valence-electron chi connectivity index (χ3n) is 1.98. The van der Waals surface area contributed by atoms with Gasteiger partial charge in [0.05, 0.1) is 6.61 Å². The van der Waals surface area contributed by atoms with Gasteiger partial charge in [0.1, 0.15) is 0 Å². The standard InChI is InChI=1S/C12H18N2O/c1-10(2)6-8-15-12-11(9-13-3)5-4-7-14-12/h4-5,7,13H,1,6,8-9H2,2-3H3. The number of ether oxygens (including phenoxy) is 1. The molecule has 0 aromatic carbocycles. The van der Waals surface area contributed by atoms with Crippen molar-refractivity contribution in [1.82, 2.24) is 10.3 Å². The lowest BCUT2D eigenvalue weighted by atomic mass is 10.2. The van der Waals surface area contributed by atoms with E-state index in [1.807, 2.05) is 26.1 Å². The first-order valence-corrected chi connectivity index (χ1v) is 5.09. The monoisotopic (exact) mass is 206 g/mol. The van der Waals surface area contributed by atoms with E-state index >= 15 is 0 Å². The fourth-order valence-corrected chi connectivity index (χ4v) is 1.20. The predicted molar refractivity (Wildman–Crippen MR) is 61.9 cm³/mol. The lowest BCUT2D eigenvalue weighted by Crippen LogP contribution is -2.09. The summed E-state index contributed by atoms with van der Waals surface area (Å²) in [6.45, 7) is 7.24. The molecule has 1 heterocycles. The van der Waals surface area contributed by atoms with Crippen molar-refractivity contribution >= 4 is 0 Å². The average Bonchev–Trinajstić information content (AvgIpc) is 2.20. The molecule has 0 radical (unpaired) electrons. The van der Waals surface area contributed by atoms with Gasteiger partial charge in [0.25, 0.3) is 0 Å². The summed E-state index contributed by atoms with van der Waals surface area (Å²) in [5.41, 5.74) is 2.21. The zero-order valence-corrected chi connectivity index (χ0v) is 9.42. The van der Waals surface area contributed by atoms with Crippen LogP contribution in [-0.4, -0.2) is 18.6 Å². The first-order chi connectivity index (χ1) is 7.24. The molecule has 3 nitrogen and oxygen atoms in total. The van der Waals surface area contributed by atoms with E-state index in [4.69, 9.17) is 4.74 Å². The zero-order chi connectivity index (χ0) is 11.1. The quantitative estimate of drug-likeness (QED) is 0.724. The highest BCUT2D eigenvalue weighted by molar-refractivity contribution is 5.25. The Morgan fingerprint density at radius 2 is 2.40 bits per heavy atom. The highest BCUT2D eigenvalue weighted by atomic mass is 16.5. The lowest BCUT2D eigenvalue weighted by molar-refractivity contribution is 0.305. The van der Waals surface area contributed by atoms with Crippen molar-refractivity contribution in [3.63, 3.8) is 0 Å². The molecule has 0 aliphatic carbocycles. The average molecular weight is 206 g/mol. The first kappa shape index (κ1) is 11.7. The second kappa shape index (κ2) is 6.19. The van der Waals surface area contributed by atoms with Crippen LogP contribution in [0.25, 0.3) is 0 Å². The first-order valence-electron chi connectivity index (χ1n) is 5.09. The van der Waals surface area contributed by atoms with E-state index in [0.29, 0.717) is 12.5 Å². The molecule has 0 saturated heterocycles. The summed E-state index contributed by atoms with van der Waals surface area (Å²) in [5, 5.41) is 3.09. The van der Waals surface area contributed by atoms with Crippen LogP contribution in [0.4, 0.5) is 0 Å². The summed E-state index contributed by atoms with van der Waals surface area (Å²) < 4.78 is 5.59. The Balaban J connectivity index is 2.55. The molecule has 1 N–H and O–H groups in total. The Morgan fingerprint density at radius 3 is 3.07 bits per heavy atom. The summed E-state index contributed by atoms with van der Waals surface area (Å²) in [7, 11) is 1.91. The molecule has 0 bridgehead atoms. The Bertz CT molecular complexity index is 323. The van der Waals surface area contributed by atoms with Crippen LogP contribution in [0.1, 0.15) is 18.9 Å². The number of nitrogens with zero attached hydrogens (tertiary/aromatic N) is 1. The van der Waals surface area contributed by atoms with Crippen molar-refractivity contribution in [2.75, 3.05) is 13.7 Å². The number of nitrogens with one attached hydrogen (secondary N) is 1. The van der Waals surface area contributed by atoms with Crippen LogP contribution < -0.4 is 10.1 Å². The molecule has 15 heavy (non-hydrogen) atoms. The van der Waals surface area contributed by atoms with Crippen LogP contribution in [0.15, 0.2) is 30.5 Å². The molecular weight excluding hydrogens is 188 g/mol. The molecule has 0 amide bonds. The number of rotatable bonds is 6. The molecular formula is C12H18N2O. The molecule has 0 aliphatic heterocycles. The maximum absolute atomic E-state index is 5.59. The summed E-state index contributed by atoms with van der Waals surface area (Å²) >= 11 is 0. The van der Waals surface area contributed by atoms with Gasteiger partial charge in [-0.1, -0.05) is 11.6 Å². The SMILES string of the molecule is C=C(C)CCOc1ncccc1CNC. The number of aromatic nitrogens is 1. The van der Waals surface area contributed by atoms with Crippen LogP contribution in [0.2, 0.25) is 0 Å². The van der Waals surface area contributed by atoms with E-state index in [0.717, 1.165) is 24.1 Å². The molecule has 1 aromatic rings. The molecule has 0 spiro atoms. The maximum Gasteiger partial charge on any atom is 0.217 e. The summed E-state index contributed by atoms with van der Waals surface area (Å²) in [5.74, 6) is 0.716. The Morgan fingerprint density at radius 1 is 1.60 bits per heavy atom. The molecule has 0 saturated carbocycles. The van der Waals surface area contributed by atoms with Gasteiger partial charge in [0.15, 0.2) is 0 Å². The van der Waals surface area contributed by atoms with Crippen molar-refractivity contribution in [3.8, 4) is 5.88 Å². The molecule has 1 aromatic heterocycles. The largest absolute Gasteiger partial charge is 0.477 e. The van der Waals surface area contributed by atoms with Crippen LogP contribution in [0, 0.1) is 0 Å². The second-order valence-electron chi connectivity index (χ2n) is 3.55. The van der Waals surface area contributed by atoms with E-state index in [1.54, 1.807) is 6.20 Å². The highest BCUT2D eigenvalue weighted by Gasteiger charge is 2.02. The molecule has 1 rings (SSSR count). The van der Waals surface area contributed by atoms with E-state index in [-0.39, 0.29) is 0 Å². The summed E-state index contributed by atoms with van der Waals surface area (Å²) in [6, 6.07) is 3.93. The summed E-state index contributed by atoms with van der Waals surface area (Å²) in [6.07, 6.45) is 2.62. The number of hydrogen-bond donors (Lipinski definition) is 1. The molecule has 0 aliphatic rings. The van der Waals surface area contributed by atoms with Crippen molar-refractivity contribution < 1.29 is 4.74 Å². The smallest absolute Gasteiger partial charge is 0.217 e. The molecule has 82 valence electrons. The predicted octanol–water partition coefficient (Wildman–Crippen LogP) is 2.15. The Hall–Kier alpha value is -1.35. The van der Waals surface area contributed by atoms with Gasteiger partial charge >= 0.3 is 0 Å². The third kappa shape index (κ3) is 4.13. The molecule has 0 atom stereocenters. The van der Waals surface area contributed by atoms with Gasteiger partial charge < -0.3 is 10.1 Å². The third-order valence-corrected chi connectivity index (χ3v) is 1.98. The van der Waals surface area contributed by atoms with Gasteiger partial charge in [-0.3, -0.25) is 0 Å². The minimum absolute atomic E-state index is 0.642. The van der Waals surface area contributed by atoms with E-state index in [2.05, 4.69) is 16.9 Å². The normalized spacial score (nSPS) is 10.0. The van der Waals surface area contributed by atoms with Crippen molar-refractivity contribution in [1.29, 1.82) is 0 Å². The Labute approximate surface area is 91.2 Å². The molecule has 0 fully saturated rings. The van der Waals surface area contributed by atoms with Crippen molar-refractivity contribution in [2.24, 2.45) is 0 Å². The number of hydrogen-bond acceptors (Lipinski definition) is 3. The van der Waals surface area contributed by atoms with Gasteiger partial charge in [-0.25, -0.2) is 4.98 Å². The maximum atomic E-state index is 5.59. The van der Waals surface area contributed by atoms with E-state index < -0.39 is 0 Å². The number of pyridine rings is 1. The van der Waals surface area contributed by atoms with Gasteiger partial charge in [-0.05, 0) is 20.0 Å². The zero-order valence-electron chi connectivity index (χ0n) is 9.42. The molecule has 0 unspecified atom stereocenters. The van der Waals surface area contributed by atoms with Crippen LogP contribution in [-0.2, 0) is 6.54 Å². The highest BCUT2D eigenvalue weighted by Crippen LogP contribution is 2.14. The van der Waals surface area contributed by atoms with E-state index in [9.17, 15) is 0 Å². The minimum atomic E-state index is 0.642. The van der Waals surface area contributed by atoms with Crippen molar-refractivity contribution in [3.05, 3.63) is 36.0 Å². The van der Waals surface area contributed by atoms with Gasteiger partial charge in [0.2, 0.25) is 5.88 Å². The van der Waals surface area contributed by atoms with E-state index in [1.165, 1.54) is 0 Å². The lowest BCUT2D eigenvalue weighted by Gasteiger charge is -2.09. The fraction of sp³-hybridized carbons (Fsp3) is 0.417. The van der Waals surface area contributed by atoms with Gasteiger partial charge in [-0.15, -0.1) is 6.58 Å². The molecule has 3 heteroatoms. The van der Waals surface area contributed by atoms with Crippen LogP contribution >= 0.6 is 0 Å². The van der Waals surface area contributed by atoms with Gasteiger partial charge in [0, 0.05) is 24.7 Å². The van der Waals surface area contributed by atoms with Crippen LogP contribution in [0.3, 0.4) is 0 Å². The van der Waals surface area contributed by atoms with Gasteiger partial charge in [-0.2, -0.15) is 0 Å². The summed E-state index contributed by atoms with van der Waals surface area (Å²) in [4.78, 5) is 4.20. The Kier molecular flexibility index (Phi) is 4.84. The topological polar surface area (TPSA) is 34.1 Å². The fourth-order valence-electron chi connectivity index (χ4n) is 1.20. The van der Waals surface area contributed by atoms with Crippen LogP contribution in [0.5, 0.6) is 5.88 Å². The van der Waals surface area contributed by atoms with Crippen molar-refractivity contribution in [2.45, 2.75) is 19.9 Å². The minimum Gasteiger partial charge on any atom is -0.477 e.